The number of hydrogen-bond donors (Lipinski definition) is 2. The summed E-state index contributed by atoms with van der Waals surface area (Å²) in [6, 6.07) is 7.61. The van der Waals surface area contributed by atoms with Crippen molar-refractivity contribution < 1.29 is 4.74 Å². The highest BCUT2D eigenvalue weighted by Crippen LogP contribution is 2.15. The van der Waals surface area contributed by atoms with Crippen molar-refractivity contribution in [2.45, 2.75) is 19.9 Å². The van der Waals surface area contributed by atoms with E-state index in [9.17, 15) is 0 Å². The second-order valence-corrected chi connectivity index (χ2v) is 5.58. The van der Waals surface area contributed by atoms with Gasteiger partial charge in [-0.05, 0) is 49.8 Å². The van der Waals surface area contributed by atoms with Gasteiger partial charge in [-0.2, -0.15) is 5.10 Å². The number of benzene rings is 1. The van der Waals surface area contributed by atoms with Gasteiger partial charge in [0.25, 0.3) is 0 Å². The van der Waals surface area contributed by atoms with Gasteiger partial charge < -0.3 is 15.4 Å². The number of methoxy groups -OCH3 is 1. The van der Waals surface area contributed by atoms with E-state index >= 15 is 0 Å². The van der Waals surface area contributed by atoms with Crippen LogP contribution in [0.2, 0.25) is 5.02 Å². The Morgan fingerprint density at radius 3 is 2.68 bits per heavy atom. The Bertz CT molecular complexity index is 627. The summed E-state index contributed by atoms with van der Waals surface area (Å²) in [6.07, 6.45) is 2.57. The van der Waals surface area contributed by atoms with E-state index in [1.54, 1.807) is 13.3 Å². The summed E-state index contributed by atoms with van der Waals surface area (Å²) in [5.41, 5.74) is 1.91. The van der Waals surface area contributed by atoms with E-state index < -0.39 is 0 Å². The molecule has 2 aromatic rings. The molecule has 0 bridgehead atoms. The molecule has 0 aliphatic rings. The van der Waals surface area contributed by atoms with Gasteiger partial charge in [-0.3, -0.25) is 4.68 Å². The van der Waals surface area contributed by atoms with Crippen molar-refractivity contribution in [1.29, 1.82) is 0 Å². The number of rotatable bonds is 6. The molecule has 0 spiro atoms. The van der Waals surface area contributed by atoms with Crippen molar-refractivity contribution in [2.75, 3.05) is 19.0 Å². The van der Waals surface area contributed by atoms with Crippen molar-refractivity contribution in [3.8, 4) is 5.75 Å². The standard InChI is InChI=1S/C15H19ClN4OS/c1-11-14(16)10-18-20(11)9-3-8-17-15(22)19-12-4-6-13(21-2)7-5-12/h4-7,10H,3,8-9H2,1-2H3,(H2,17,19,22). The number of anilines is 1. The van der Waals surface area contributed by atoms with Crippen LogP contribution in [0, 0.1) is 6.92 Å². The zero-order chi connectivity index (χ0) is 15.9. The third kappa shape index (κ3) is 4.61. The first-order chi connectivity index (χ1) is 10.6. The summed E-state index contributed by atoms with van der Waals surface area (Å²) in [5, 5.41) is 11.8. The van der Waals surface area contributed by atoms with Gasteiger partial charge in [-0.1, -0.05) is 11.6 Å². The molecule has 0 amide bonds. The number of halogens is 1. The Morgan fingerprint density at radius 2 is 2.09 bits per heavy atom. The van der Waals surface area contributed by atoms with Crippen molar-refractivity contribution in [3.63, 3.8) is 0 Å². The Hall–Kier alpha value is -1.79. The maximum Gasteiger partial charge on any atom is 0.170 e. The molecule has 0 radical (unpaired) electrons. The minimum absolute atomic E-state index is 0.598. The van der Waals surface area contributed by atoms with Crippen molar-refractivity contribution >= 4 is 34.6 Å². The number of aromatic nitrogens is 2. The first-order valence-electron chi connectivity index (χ1n) is 6.97. The van der Waals surface area contributed by atoms with Crippen LogP contribution in [0.1, 0.15) is 12.1 Å². The predicted octanol–water partition coefficient (Wildman–Crippen LogP) is 3.23. The average molecular weight is 339 g/mol. The molecule has 1 aromatic carbocycles. The molecule has 2 rings (SSSR count). The zero-order valence-corrected chi connectivity index (χ0v) is 14.2. The van der Waals surface area contributed by atoms with Crippen LogP contribution in [0.5, 0.6) is 5.75 Å². The summed E-state index contributed by atoms with van der Waals surface area (Å²) >= 11 is 11.2. The lowest BCUT2D eigenvalue weighted by atomic mass is 10.3. The third-order valence-corrected chi connectivity index (χ3v) is 3.84. The fourth-order valence-corrected chi connectivity index (χ4v) is 2.29. The lowest BCUT2D eigenvalue weighted by Crippen LogP contribution is -2.29. The maximum absolute atomic E-state index is 5.97. The van der Waals surface area contributed by atoms with E-state index in [0.29, 0.717) is 10.1 Å². The zero-order valence-electron chi connectivity index (χ0n) is 12.6. The van der Waals surface area contributed by atoms with E-state index in [0.717, 1.165) is 36.6 Å². The smallest absolute Gasteiger partial charge is 0.170 e. The summed E-state index contributed by atoms with van der Waals surface area (Å²) in [4.78, 5) is 0. The quantitative estimate of drug-likeness (QED) is 0.625. The monoisotopic (exact) mass is 338 g/mol. The van der Waals surface area contributed by atoms with Crippen LogP contribution in [-0.4, -0.2) is 28.5 Å². The van der Waals surface area contributed by atoms with Crippen LogP contribution >= 0.6 is 23.8 Å². The summed E-state index contributed by atoms with van der Waals surface area (Å²) in [6.45, 7) is 3.52. The molecule has 0 aliphatic carbocycles. The molecule has 0 saturated heterocycles. The summed E-state index contributed by atoms with van der Waals surface area (Å²) in [7, 11) is 1.64. The van der Waals surface area contributed by atoms with Crippen molar-refractivity contribution in [3.05, 3.63) is 41.2 Å². The van der Waals surface area contributed by atoms with Crippen LogP contribution < -0.4 is 15.4 Å². The molecule has 1 aromatic heterocycles. The van der Waals surface area contributed by atoms with E-state index in [2.05, 4.69) is 15.7 Å². The second-order valence-electron chi connectivity index (χ2n) is 4.76. The van der Waals surface area contributed by atoms with Gasteiger partial charge in [-0.15, -0.1) is 0 Å². The molecule has 7 heteroatoms. The molecule has 22 heavy (non-hydrogen) atoms. The number of aryl methyl sites for hydroxylation is 1. The highest BCUT2D eigenvalue weighted by Gasteiger charge is 2.03. The Kier molecular flexibility index (Phi) is 6.03. The summed E-state index contributed by atoms with van der Waals surface area (Å²) < 4.78 is 7.01. The SMILES string of the molecule is COc1ccc(NC(=S)NCCCn2ncc(Cl)c2C)cc1. The molecule has 0 fully saturated rings. The molecule has 2 N–H and O–H groups in total. The van der Waals surface area contributed by atoms with Gasteiger partial charge in [0.1, 0.15) is 5.75 Å². The molecule has 0 unspecified atom stereocenters. The fourth-order valence-electron chi connectivity index (χ4n) is 1.93. The van der Waals surface area contributed by atoms with Gasteiger partial charge in [0.05, 0.1) is 24.0 Å². The van der Waals surface area contributed by atoms with E-state index in [1.165, 1.54) is 0 Å². The minimum atomic E-state index is 0.598. The molecule has 1 heterocycles. The van der Waals surface area contributed by atoms with E-state index in [1.807, 2.05) is 35.9 Å². The van der Waals surface area contributed by atoms with Crippen LogP contribution in [0.25, 0.3) is 0 Å². The number of nitrogens with one attached hydrogen (secondary N) is 2. The number of ether oxygens (including phenoxy) is 1. The normalized spacial score (nSPS) is 10.3. The van der Waals surface area contributed by atoms with E-state index in [4.69, 9.17) is 28.6 Å². The number of thiocarbonyl (C=S) groups is 1. The average Bonchev–Trinajstić information content (AvgIpc) is 2.84. The van der Waals surface area contributed by atoms with Crippen LogP contribution in [0.4, 0.5) is 5.69 Å². The highest BCUT2D eigenvalue weighted by molar-refractivity contribution is 7.80. The third-order valence-electron chi connectivity index (χ3n) is 3.22. The number of nitrogens with zero attached hydrogens (tertiary/aromatic N) is 2. The second kappa shape index (κ2) is 8.00. The Balaban J connectivity index is 1.70. The first kappa shape index (κ1) is 16.6. The van der Waals surface area contributed by atoms with Crippen molar-refractivity contribution in [1.82, 2.24) is 15.1 Å². The van der Waals surface area contributed by atoms with Gasteiger partial charge in [0, 0.05) is 18.8 Å². The molecule has 118 valence electrons. The minimum Gasteiger partial charge on any atom is -0.497 e. The Morgan fingerprint density at radius 1 is 1.36 bits per heavy atom. The summed E-state index contributed by atoms with van der Waals surface area (Å²) in [5.74, 6) is 0.817. The van der Waals surface area contributed by atoms with Gasteiger partial charge in [0.15, 0.2) is 5.11 Å². The largest absolute Gasteiger partial charge is 0.497 e. The maximum atomic E-state index is 5.97. The highest BCUT2D eigenvalue weighted by atomic mass is 35.5. The first-order valence-corrected chi connectivity index (χ1v) is 7.75. The van der Waals surface area contributed by atoms with Crippen LogP contribution in [0.3, 0.4) is 0 Å². The molecular formula is C15H19ClN4OS. The van der Waals surface area contributed by atoms with Gasteiger partial charge in [0.2, 0.25) is 0 Å². The molecule has 5 nitrogen and oxygen atoms in total. The van der Waals surface area contributed by atoms with Crippen LogP contribution in [-0.2, 0) is 6.54 Å². The van der Waals surface area contributed by atoms with E-state index in [-0.39, 0.29) is 0 Å². The number of hydrogen-bond acceptors (Lipinski definition) is 3. The van der Waals surface area contributed by atoms with Crippen LogP contribution in [0.15, 0.2) is 30.5 Å². The molecular weight excluding hydrogens is 320 g/mol. The molecule has 0 aliphatic heterocycles. The van der Waals surface area contributed by atoms with Gasteiger partial charge in [-0.25, -0.2) is 0 Å². The fraction of sp³-hybridized carbons (Fsp3) is 0.333. The lowest BCUT2D eigenvalue weighted by Gasteiger charge is -2.11. The topological polar surface area (TPSA) is 51.1 Å². The molecule has 0 saturated carbocycles. The lowest BCUT2D eigenvalue weighted by molar-refractivity contribution is 0.415. The van der Waals surface area contributed by atoms with Crippen molar-refractivity contribution in [2.24, 2.45) is 0 Å². The molecule has 0 atom stereocenters. The predicted molar refractivity (Wildman–Crippen MR) is 93.8 cm³/mol. The van der Waals surface area contributed by atoms with Gasteiger partial charge >= 0.3 is 0 Å². The Labute approximate surface area is 140 Å².